The van der Waals surface area contributed by atoms with Crippen molar-refractivity contribution in [2.45, 2.75) is 52.5 Å². The van der Waals surface area contributed by atoms with Gasteiger partial charge in [-0.2, -0.15) is 0 Å². The smallest absolute Gasteiger partial charge is 0.236 e. The van der Waals surface area contributed by atoms with Crippen LogP contribution in [0.2, 0.25) is 0 Å². The van der Waals surface area contributed by atoms with E-state index < -0.39 is 0 Å². The van der Waals surface area contributed by atoms with Gasteiger partial charge < -0.3 is 14.2 Å². The molecule has 1 unspecified atom stereocenters. The zero-order valence-corrected chi connectivity index (χ0v) is 18.4. The summed E-state index contributed by atoms with van der Waals surface area (Å²) in [6.07, 6.45) is 5.52. The molecule has 0 aliphatic carbocycles. The first-order chi connectivity index (χ1) is 14.4. The molecule has 2 aliphatic heterocycles. The molecular weight excluding hydrogens is 378 g/mol. The fourth-order valence-electron chi connectivity index (χ4n) is 4.71. The number of hydrogen-bond donors (Lipinski definition) is 0. The molecule has 4 rings (SSSR count). The summed E-state index contributed by atoms with van der Waals surface area (Å²) in [4.78, 5) is 31.7. The van der Waals surface area contributed by atoms with Crippen molar-refractivity contribution in [3.8, 4) is 0 Å². The number of amides is 2. The molecule has 1 atom stereocenters. The van der Waals surface area contributed by atoms with Crippen molar-refractivity contribution in [2.75, 3.05) is 39.3 Å². The van der Waals surface area contributed by atoms with Gasteiger partial charge in [0.2, 0.25) is 11.8 Å². The summed E-state index contributed by atoms with van der Waals surface area (Å²) >= 11 is 0. The van der Waals surface area contributed by atoms with E-state index in [1.54, 1.807) is 6.26 Å². The number of carbonyl (C=O) groups is 2. The number of furan rings is 1. The summed E-state index contributed by atoms with van der Waals surface area (Å²) in [5.74, 6) is 0.365. The zero-order valence-electron chi connectivity index (χ0n) is 18.4. The van der Waals surface area contributed by atoms with Crippen LogP contribution >= 0.6 is 0 Å². The van der Waals surface area contributed by atoms with E-state index in [1.165, 1.54) is 12.0 Å². The van der Waals surface area contributed by atoms with Gasteiger partial charge in [-0.25, -0.2) is 0 Å². The Morgan fingerprint density at radius 1 is 1.03 bits per heavy atom. The summed E-state index contributed by atoms with van der Waals surface area (Å²) in [6, 6.07) is 4.49. The molecule has 6 nitrogen and oxygen atoms in total. The highest BCUT2D eigenvalue weighted by molar-refractivity contribution is 5.89. The summed E-state index contributed by atoms with van der Waals surface area (Å²) in [5, 5.41) is 1.03. The van der Waals surface area contributed by atoms with Crippen LogP contribution in [0.5, 0.6) is 0 Å². The standard InChI is InChI=1S/C24H33N3O3/c1-17-7-8-21-20(16-30-24(21)19(17)3)14-22(28)26-12-10-25(11-13-26)15-23(29)27-9-5-4-6-18(27)2/h7-8,16,18H,4-6,9-15H2,1-3H3. The van der Waals surface area contributed by atoms with Crippen molar-refractivity contribution < 1.29 is 14.0 Å². The molecule has 30 heavy (non-hydrogen) atoms. The van der Waals surface area contributed by atoms with Crippen molar-refractivity contribution in [2.24, 2.45) is 0 Å². The molecule has 162 valence electrons. The van der Waals surface area contributed by atoms with Crippen LogP contribution in [-0.2, 0) is 16.0 Å². The summed E-state index contributed by atoms with van der Waals surface area (Å²) in [5.41, 5.74) is 4.16. The van der Waals surface area contributed by atoms with Crippen molar-refractivity contribution in [3.05, 3.63) is 35.1 Å². The normalized spacial score (nSPS) is 20.7. The first-order valence-electron chi connectivity index (χ1n) is 11.2. The molecule has 0 bridgehead atoms. The van der Waals surface area contributed by atoms with Gasteiger partial charge in [-0.05, 0) is 51.2 Å². The molecule has 0 radical (unpaired) electrons. The number of benzene rings is 1. The lowest BCUT2D eigenvalue weighted by Crippen LogP contribution is -2.53. The molecule has 0 spiro atoms. The number of carbonyl (C=O) groups excluding carboxylic acids is 2. The second-order valence-corrected chi connectivity index (χ2v) is 8.91. The minimum absolute atomic E-state index is 0.131. The van der Waals surface area contributed by atoms with E-state index in [-0.39, 0.29) is 11.8 Å². The van der Waals surface area contributed by atoms with E-state index >= 15 is 0 Å². The summed E-state index contributed by atoms with van der Waals surface area (Å²) in [6.45, 7) is 10.5. The number of fused-ring (bicyclic) bond motifs is 1. The third-order valence-corrected chi connectivity index (χ3v) is 6.89. The summed E-state index contributed by atoms with van der Waals surface area (Å²) in [7, 11) is 0. The maximum absolute atomic E-state index is 12.9. The highest BCUT2D eigenvalue weighted by Crippen LogP contribution is 2.27. The number of piperidine rings is 1. The Balaban J connectivity index is 1.30. The van der Waals surface area contributed by atoms with E-state index in [2.05, 4.69) is 37.8 Å². The summed E-state index contributed by atoms with van der Waals surface area (Å²) < 4.78 is 5.75. The van der Waals surface area contributed by atoms with Crippen molar-refractivity contribution >= 4 is 22.8 Å². The molecule has 3 heterocycles. The van der Waals surface area contributed by atoms with Crippen LogP contribution in [0.1, 0.15) is 42.9 Å². The van der Waals surface area contributed by atoms with Gasteiger partial charge in [-0.3, -0.25) is 14.5 Å². The number of nitrogens with zero attached hydrogens (tertiary/aromatic N) is 3. The van der Waals surface area contributed by atoms with Crippen LogP contribution in [-0.4, -0.2) is 71.8 Å². The van der Waals surface area contributed by atoms with Crippen LogP contribution in [0.3, 0.4) is 0 Å². The van der Waals surface area contributed by atoms with Gasteiger partial charge in [0, 0.05) is 49.7 Å². The molecule has 2 saturated heterocycles. The average Bonchev–Trinajstić information content (AvgIpc) is 3.14. The minimum Gasteiger partial charge on any atom is -0.464 e. The molecule has 2 fully saturated rings. The van der Waals surface area contributed by atoms with Crippen molar-refractivity contribution in [3.63, 3.8) is 0 Å². The van der Waals surface area contributed by atoms with Gasteiger partial charge in [0.05, 0.1) is 19.2 Å². The lowest BCUT2D eigenvalue weighted by molar-refractivity contribution is -0.137. The Kier molecular flexibility index (Phi) is 6.14. The first kappa shape index (κ1) is 20.9. The molecule has 6 heteroatoms. The van der Waals surface area contributed by atoms with E-state index in [0.717, 1.165) is 54.6 Å². The van der Waals surface area contributed by atoms with Gasteiger partial charge in [0.1, 0.15) is 5.58 Å². The quantitative estimate of drug-likeness (QED) is 0.776. The largest absolute Gasteiger partial charge is 0.464 e. The van der Waals surface area contributed by atoms with E-state index in [9.17, 15) is 9.59 Å². The van der Waals surface area contributed by atoms with Crippen molar-refractivity contribution in [1.29, 1.82) is 0 Å². The van der Waals surface area contributed by atoms with E-state index in [1.807, 2.05) is 9.80 Å². The van der Waals surface area contributed by atoms with Gasteiger partial charge in [-0.15, -0.1) is 0 Å². The van der Waals surface area contributed by atoms with Crippen LogP contribution < -0.4 is 0 Å². The second-order valence-electron chi connectivity index (χ2n) is 8.91. The van der Waals surface area contributed by atoms with Crippen LogP contribution in [0.4, 0.5) is 0 Å². The average molecular weight is 412 g/mol. The third-order valence-electron chi connectivity index (χ3n) is 6.89. The highest BCUT2D eigenvalue weighted by Gasteiger charge is 2.27. The SMILES string of the molecule is Cc1ccc2c(CC(=O)N3CCN(CC(=O)N4CCCCC4C)CC3)coc2c1C. The predicted octanol–water partition coefficient (Wildman–Crippen LogP) is 3.14. The minimum atomic E-state index is 0.131. The molecule has 2 amide bonds. The van der Waals surface area contributed by atoms with Crippen LogP contribution in [0.25, 0.3) is 11.0 Å². The van der Waals surface area contributed by atoms with Crippen molar-refractivity contribution in [1.82, 2.24) is 14.7 Å². The maximum Gasteiger partial charge on any atom is 0.236 e. The number of piperazine rings is 1. The first-order valence-corrected chi connectivity index (χ1v) is 11.2. The van der Waals surface area contributed by atoms with Crippen LogP contribution in [0, 0.1) is 13.8 Å². The van der Waals surface area contributed by atoms with E-state index in [0.29, 0.717) is 32.1 Å². The lowest BCUT2D eigenvalue weighted by Gasteiger charge is -2.38. The molecule has 2 aromatic rings. The highest BCUT2D eigenvalue weighted by atomic mass is 16.3. The van der Waals surface area contributed by atoms with Gasteiger partial charge >= 0.3 is 0 Å². The number of rotatable bonds is 4. The van der Waals surface area contributed by atoms with Gasteiger partial charge in [-0.1, -0.05) is 12.1 Å². The Morgan fingerprint density at radius 3 is 2.53 bits per heavy atom. The molecular formula is C24H33N3O3. The Labute approximate surface area is 178 Å². The van der Waals surface area contributed by atoms with Gasteiger partial charge in [0.15, 0.2) is 0 Å². The molecule has 0 N–H and O–H groups in total. The number of likely N-dealkylation sites (tertiary alicyclic amines) is 1. The zero-order chi connectivity index (χ0) is 21.3. The Bertz CT molecular complexity index is 927. The van der Waals surface area contributed by atoms with E-state index in [4.69, 9.17) is 4.42 Å². The van der Waals surface area contributed by atoms with Crippen LogP contribution in [0.15, 0.2) is 22.8 Å². The Morgan fingerprint density at radius 2 is 1.80 bits per heavy atom. The lowest BCUT2D eigenvalue weighted by atomic mass is 10.0. The predicted molar refractivity (Wildman–Crippen MR) is 117 cm³/mol. The molecule has 2 aliphatic rings. The maximum atomic E-state index is 12.9. The van der Waals surface area contributed by atoms with Gasteiger partial charge in [0.25, 0.3) is 0 Å². The number of aryl methyl sites for hydroxylation is 2. The molecule has 1 aromatic heterocycles. The Hall–Kier alpha value is -2.34. The molecule has 0 saturated carbocycles. The topological polar surface area (TPSA) is 57.0 Å². The molecule has 1 aromatic carbocycles. The fourth-order valence-corrected chi connectivity index (χ4v) is 4.71. The third kappa shape index (κ3) is 4.24. The number of hydrogen-bond acceptors (Lipinski definition) is 4. The second kappa shape index (κ2) is 8.80. The fraction of sp³-hybridized carbons (Fsp3) is 0.583. The monoisotopic (exact) mass is 411 g/mol.